The van der Waals surface area contributed by atoms with Gasteiger partial charge in [-0.1, -0.05) is 0 Å². The van der Waals surface area contributed by atoms with Crippen LogP contribution in [0.5, 0.6) is 11.5 Å². The van der Waals surface area contributed by atoms with Crippen molar-refractivity contribution in [1.29, 1.82) is 0 Å². The molecule has 116 valence electrons. The predicted octanol–water partition coefficient (Wildman–Crippen LogP) is 3.96. The molecule has 0 radical (unpaired) electrons. The number of methoxy groups -OCH3 is 2. The first kappa shape index (κ1) is 16.3. The molecular formula is C16H14BrFO4. The van der Waals surface area contributed by atoms with Crippen LogP contribution in [0, 0.1) is 5.82 Å². The van der Waals surface area contributed by atoms with E-state index in [-0.39, 0.29) is 12.2 Å². The Bertz CT molecular complexity index is 688. The average molecular weight is 369 g/mol. The molecule has 0 atom stereocenters. The van der Waals surface area contributed by atoms with Crippen LogP contribution in [0.3, 0.4) is 0 Å². The molecule has 0 N–H and O–H groups in total. The Morgan fingerprint density at radius 1 is 1.14 bits per heavy atom. The zero-order valence-corrected chi connectivity index (χ0v) is 13.6. The van der Waals surface area contributed by atoms with Gasteiger partial charge in [-0.2, -0.15) is 0 Å². The number of hydrogen-bond acceptors (Lipinski definition) is 4. The fourth-order valence-electron chi connectivity index (χ4n) is 1.87. The number of ether oxygens (including phenoxy) is 3. The zero-order chi connectivity index (χ0) is 16.1. The number of hydrogen-bond donors (Lipinski definition) is 0. The Hall–Kier alpha value is -2.08. The van der Waals surface area contributed by atoms with Crippen molar-refractivity contribution in [3.05, 3.63) is 57.8 Å². The molecule has 0 aliphatic carbocycles. The van der Waals surface area contributed by atoms with E-state index in [1.165, 1.54) is 19.2 Å². The summed E-state index contributed by atoms with van der Waals surface area (Å²) in [5, 5.41) is 0. The van der Waals surface area contributed by atoms with Gasteiger partial charge in [-0.05, 0) is 52.3 Å². The lowest BCUT2D eigenvalue weighted by molar-refractivity contribution is 0.0468. The molecule has 4 nitrogen and oxygen atoms in total. The summed E-state index contributed by atoms with van der Waals surface area (Å²) in [5.41, 5.74) is 0.782. The topological polar surface area (TPSA) is 44.8 Å². The second-order valence-corrected chi connectivity index (χ2v) is 5.23. The van der Waals surface area contributed by atoms with Gasteiger partial charge in [0, 0.05) is 10.0 Å². The Balaban J connectivity index is 2.15. The van der Waals surface area contributed by atoms with E-state index in [0.29, 0.717) is 21.5 Å². The van der Waals surface area contributed by atoms with Crippen LogP contribution in [0.15, 0.2) is 40.9 Å². The fourth-order valence-corrected chi connectivity index (χ4v) is 2.28. The summed E-state index contributed by atoms with van der Waals surface area (Å²) in [4.78, 5) is 12.1. The zero-order valence-electron chi connectivity index (χ0n) is 12.1. The second kappa shape index (κ2) is 7.26. The highest BCUT2D eigenvalue weighted by molar-refractivity contribution is 9.10. The molecule has 0 amide bonds. The third-order valence-electron chi connectivity index (χ3n) is 2.99. The van der Waals surface area contributed by atoms with Gasteiger partial charge in [0.25, 0.3) is 0 Å². The van der Waals surface area contributed by atoms with Gasteiger partial charge in [-0.15, -0.1) is 0 Å². The molecule has 0 spiro atoms. The van der Waals surface area contributed by atoms with E-state index >= 15 is 0 Å². The Morgan fingerprint density at radius 3 is 2.59 bits per heavy atom. The van der Waals surface area contributed by atoms with Gasteiger partial charge in [0.15, 0.2) is 0 Å². The molecule has 2 rings (SSSR count). The summed E-state index contributed by atoms with van der Waals surface area (Å²) in [6.07, 6.45) is 0. The molecule has 0 aromatic heterocycles. The maximum Gasteiger partial charge on any atom is 0.339 e. The maximum atomic E-state index is 13.2. The largest absolute Gasteiger partial charge is 0.497 e. The number of benzene rings is 2. The summed E-state index contributed by atoms with van der Waals surface area (Å²) in [7, 11) is 3.07. The lowest BCUT2D eigenvalue weighted by Crippen LogP contribution is -2.07. The van der Waals surface area contributed by atoms with E-state index in [4.69, 9.17) is 14.2 Å². The molecule has 0 heterocycles. The van der Waals surface area contributed by atoms with Crippen LogP contribution in [0.2, 0.25) is 0 Å². The van der Waals surface area contributed by atoms with E-state index in [0.717, 1.165) is 6.07 Å². The van der Waals surface area contributed by atoms with Crippen molar-refractivity contribution in [2.75, 3.05) is 14.2 Å². The third-order valence-corrected chi connectivity index (χ3v) is 3.69. The molecule has 0 unspecified atom stereocenters. The maximum absolute atomic E-state index is 13.2. The summed E-state index contributed by atoms with van der Waals surface area (Å²) >= 11 is 3.20. The van der Waals surface area contributed by atoms with Gasteiger partial charge in [-0.25, -0.2) is 9.18 Å². The van der Waals surface area contributed by atoms with E-state index in [1.807, 2.05) is 0 Å². The summed E-state index contributed by atoms with van der Waals surface area (Å²) < 4.78 is 29.2. The normalized spacial score (nSPS) is 10.2. The highest BCUT2D eigenvalue weighted by Gasteiger charge is 2.14. The van der Waals surface area contributed by atoms with Crippen molar-refractivity contribution < 1.29 is 23.4 Å². The van der Waals surface area contributed by atoms with Crippen LogP contribution in [-0.4, -0.2) is 20.2 Å². The van der Waals surface area contributed by atoms with E-state index in [9.17, 15) is 9.18 Å². The standard InChI is InChI=1S/C16H14BrFO4/c1-20-12-4-6-15(21-2)10(7-12)9-22-16(19)13-8-11(18)3-5-14(13)17/h3-8H,9H2,1-2H3. The van der Waals surface area contributed by atoms with E-state index < -0.39 is 11.8 Å². The molecular weight excluding hydrogens is 355 g/mol. The van der Waals surface area contributed by atoms with Gasteiger partial charge in [-0.3, -0.25) is 0 Å². The number of carbonyl (C=O) groups is 1. The summed E-state index contributed by atoms with van der Waals surface area (Å²) in [6, 6.07) is 9.01. The van der Waals surface area contributed by atoms with Gasteiger partial charge < -0.3 is 14.2 Å². The minimum Gasteiger partial charge on any atom is -0.497 e. The van der Waals surface area contributed by atoms with Crippen molar-refractivity contribution in [1.82, 2.24) is 0 Å². The lowest BCUT2D eigenvalue weighted by atomic mass is 10.2. The molecule has 0 bridgehead atoms. The molecule has 0 fully saturated rings. The fraction of sp³-hybridized carbons (Fsp3) is 0.188. The van der Waals surface area contributed by atoms with E-state index in [1.54, 1.807) is 25.3 Å². The predicted molar refractivity (Wildman–Crippen MR) is 82.8 cm³/mol. The molecule has 0 aliphatic rings. The number of esters is 1. The van der Waals surface area contributed by atoms with Crippen molar-refractivity contribution in [3.8, 4) is 11.5 Å². The Morgan fingerprint density at radius 2 is 1.91 bits per heavy atom. The smallest absolute Gasteiger partial charge is 0.339 e. The van der Waals surface area contributed by atoms with Crippen LogP contribution >= 0.6 is 15.9 Å². The lowest BCUT2D eigenvalue weighted by Gasteiger charge is -2.11. The van der Waals surface area contributed by atoms with Crippen molar-refractivity contribution in [2.24, 2.45) is 0 Å². The number of rotatable bonds is 5. The minimum absolute atomic E-state index is 0.0117. The first-order chi connectivity index (χ1) is 10.5. The highest BCUT2D eigenvalue weighted by Crippen LogP contribution is 2.25. The second-order valence-electron chi connectivity index (χ2n) is 4.38. The van der Waals surface area contributed by atoms with Gasteiger partial charge in [0.1, 0.15) is 23.9 Å². The van der Waals surface area contributed by atoms with Crippen LogP contribution < -0.4 is 9.47 Å². The quantitative estimate of drug-likeness (QED) is 0.749. The first-order valence-electron chi connectivity index (χ1n) is 6.38. The van der Waals surface area contributed by atoms with Gasteiger partial charge in [0.2, 0.25) is 0 Å². The number of halogens is 2. The van der Waals surface area contributed by atoms with Crippen molar-refractivity contribution in [2.45, 2.75) is 6.61 Å². The van der Waals surface area contributed by atoms with Crippen LogP contribution in [0.25, 0.3) is 0 Å². The molecule has 6 heteroatoms. The van der Waals surface area contributed by atoms with Crippen molar-refractivity contribution in [3.63, 3.8) is 0 Å². The third kappa shape index (κ3) is 3.76. The van der Waals surface area contributed by atoms with E-state index in [2.05, 4.69) is 15.9 Å². The summed E-state index contributed by atoms with van der Waals surface area (Å²) in [6.45, 7) is -0.0117. The van der Waals surface area contributed by atoms with Crippen molar-refractivity contribution >= 4 is 21.9 Å². The average Bonchev–Trinajstić information content (AvgIpc) is 2.54. The monoisotopic (exact) mass is 368 g/mol. The Kier molecular flexibility index (Phi) is 5.38. The first-order valence-corrected chi connectivity index (χ1v) is 7.17. The van der Waals surface area contributed by atoms with Crippen LogP contribution in [0.1, 0.15) is 15.9 Å². The number of carbonyl (C=O) groups excluding carboxylic acids is 1. The summed E-state index contributed by atoms with van der Waals surface area (Å²) in [5.74, 6) is 0.0658. The molecule has 0 aliphatic heterocycles. The molecule has 22 heavy (non-hydrogen) atoms. The Labute approximate surface area is 135 Å². The molecule has 2 aromatic carbocycles. The SMILES string of the molecule is COc1ccc(OC)c(COC(=O)c2cc(F)ccc2Br)c1. The molecule has 0 saturated carbocycles. The van der Waals surface area contributed by atoms with Gasteiger partial charge >= 0.3 is 5.97 Å². The van der Waals surface area contributed by atoms with Crippen LogP contribution in [-0.2, 0) is 11.3 Å². The van der Waals surface area contributed by atoms with Crippen LogP contribution in [0.4, 0.5) is 4.39 Å². The molecule has 0 saturated heterocycles. The molecule has 2 aromatic rings. The minimum atomic E-state index is -0.628. The highest BCUT2D eigenvalue weighted by atomic mass is 79.9. The van der Waals surface area contributed by atoms with Gasteiger partial charge in [0.05, 0.1) is 19.8 Å².